The van der Waals surface area contributed by atoms with Crippen molar-refractivity contribution < 1.29 is 13.2 Å². The zero-order chi connectivity index (χ0) is 17.4. The van der Waals surface area contributed by atoms with Gasteiger partial charge in [0.05, 0.1) is 10.6 Å². The van der Waals surface area contributed by atoms with Gasteiger partial charge in [0.1, 0.15) is 0 Å². The second-order valence-electron chi connectivity index (χ2n) is 5.39. The lowest BCUT2D eigenvalue weighted by Gasteiger charge is -2.17. The summed E-state index contributed by atoms with van der Waals surface area (Å²) in [4.78, 5) is 16.2. The summed E-state index contributed by atoms with van der Waals surface area (Å²) >= 11 is 0. The minimum absolute atomic E-state index is 0.131. The van der Waals surface area contributed by atoms with Crippen molar-refractivity contribution in [3.8, 4) is 0 Å². The van der Waals surface area contributed by atoms with Crippen molar-refractivity contribution in [2.75, 3.05) is 5.75 Å². The first-order valence-corrected chi connectivity index (χ1v) is 9.37. The lowest BCUT2D eigenvalue weighted by molar-refractivity contribution is 0.237. The zero-order valence-electron chi connectivity index (χ0n) is 13.5. The Balaban J connectivity index is 1.90. The minimum atomic E-state index is -3.44. The summed E-state index contributed by atoms with van der Waals surface area (Å²) in [7, 11) is -3.44. The van der Waals surface area contributed by atoms with Gasteiger partial charge in [-0.2, -0.15) is 0 Å². The van der Waals surface area contributed by atoms with Crippen LogP contribution in [0.3, 0.4) is 0 Å². The maximum absolute atomic E-state index is 12.4. The average molecular weight is 347 g/mol. The van der Waals surface area contributed by atoms with Crippen molar-refractivity contribution in [2.45, 2.75) is 30.8 Å². The number of nitrogens with zero attached hydrogens (tertiary/aromatic N) is 1. The van der Waals surface area contributed by atoms with Crippen LogP contribution in [0.2, 0.25) is 0 Å². The van der Waals surface area contributed by atoms with Gasteiger partial charge in [-0.3, -0.25) is 4.98 Å². The van der Waals surface area contributed by atoms with E-state index in [1.54, 1.807) is 48.8 Å². The number of carbonyl (C=O) groups excluding carboxylic acids is 1. The third kappa shape index (κ3) is 5.34. The van der Waals surface area contributed by atoms with E-state index in [-0.39, 0.29) is 10.6 Å². The molecule has 1 aromatic heterocycles. The standard InChI is InChI=1S/C17H21N3O3S/c1-2-15(13-24(22,23)16-8-4-3-5-9-16)20-17(21)19-12-14-7-6-10-18-11-14/h3-11,15H,2,12-13H2,1H3,(H2,19,20,21)/t15-/m1/s1. The molecule has 1 aromatic carbocycles. The minimum Gasteiger partial charge on any atom is -0.334 e. The number of hydrogen-bond acceptors (Lipinski definition) is 4. The van der Waals surface area contributed by atoms with Crippen molar-refractivity contribution in [3.63, 3.8) is 0 Å². The molecule has 0 bridgehead atoms. The Kier molecular flexibility index (Phi) is 6.31. The molecule has 24 heavy (non-hydrogen) atoms. The molecule has 0 saturated heterocycles. The van der Waals surface area contributed by atoms with Crippen LogP contribution < -0.4 is 10.6 Å². The number of urea groups is 1. The van der Waals surface area contributed by atoms with Gasteiger partial charge in [0.25, 0.3) is 0 Å². The summed E-state index contributed by atoms with van der Waals surface area (Å²) < 4.78 is 24.8. The smallest absolute Gasteiger partial charge is 0.315 e. The number of rotatable bonds is 7. The molecule has 0 radical (unpaired) electrons. The number of aromatic nitrogens is 1. The molecule has 1 heterocycles. The Hall–Kier alpha value is -2.41. The van der Waals surface area contributed by atoms with Gasteiger partial charge in [-0.05, 0) is 30.2 Å². The molecule has 0 aliphatic heterocycles. The molecule has 0 saturated carbocycles. The van der Waals surface area contributed by atoms with Crippen LogP contribution in [0.5, 0.6) is 0 Å². The van der Waals surface area contributed by atoms with Gasteiger partial charge in [-0.15, -0.1) is 0 Å². The molecule has 2 N–H and O–H groups in total. The average Bonchev–Trinajstić information content (AvgIpc) is 2.61. The van der Waals surface area contributed by atoms with Gasteiger partial charge in [0, 0.05) is 25.0 Å². The molecule has 1 atom stereocenters. The second-order valence-corrected chi connectivity index (χ2v) is 7.42. The van der Waals surface area contributed by atoms with Crippen LogP contribution in [0.4, 0.5) is 4.79 Å². The van der Waals surface area contributed by atoms with Gasteiger partial charge < -0.3 is 10.6 Å². The molecular weight excluding hydrogens is 326 g/mol. The lowest BCUT2D eigenvalue weighted by atomic mass is 10.2. The number of benzene rings is 1. The summed E-state index contributed by atoms with van der Waals surface area (Å²) in [5.41, 5.74) is 0.873. The molecule has 0 fully saturated rings. The first-order valence-electron chi connectivity index (χ1n) is 7.72. The van der Waals surface area contributed by atoms with Crippen LogP contribution in [0.15, 0.2) is 59.8 Å². The summed E-state index contributed by atoms with van der Waals surface area (Å²) in [6.07, 6.45) is 3.84. The molecule has 0 aliphatic rings. The zero-order valence-corrected chi connectivity index (χ0v) is 14.3. The van der Waals surface area contributed by atoms with Gasteiger partial charge in [-0.1, -0.05) is 31.2 Å². The molecule has 128 valence electrons. The van der Waals surface area contributed by atoms with E-state index in [0.717, 1.165) is 5.56 Å². The van der Waals surface area contributed by atoms with Gasteiger partial charge >= 0.3 is 6.03 Å². The second kappa shape index (κ2) is 8.44. The van der Waals surface area contributed by atoms with E-state index in [0.29, 0.717) is 13.0 Å². The highest BCUT2D eigenvalue weighted by atomic mass is 32.2. The van der Waals surface area contributed by atoms with Crippen LogP contribution in [0.25, 0.3) is 0 Å². The van der Waals surface area contributed by atoms with Crippen LogP contribution in [0, 0.1) is 0 Å². The molecular formula is C17H21N3O3S. The van der Waals surface area contributed by atoms with E-state index < -0.39 is 21.9 Å². The fraction of sp³-hybridized carbons (Fsp3) is 0.294. The predicted octanol–water partition coefficient (Wildman–Crippen LogP) is 2.13. The molecule has 0 unspecified atom stereocenters. The highest BCUT2D eigenvalue weighted by Crippen LogP contribution is 2.12. The highest BCUT2D eigenvalue weighted by molar-refractivity contribution is 7.91. The van der Waals surface area contributed by atoms with Crippen molar-refractivity contribution in [3.05, 3.63) is 60.4 Å². The fourth-order valence-corrected chi connectivity index (χ4v) is 3.78. The first kappa shape index (κ1) is 17.9. The fourth-order valence-electron chi connectivity index (χ4n) is 2.17. The van der Waals surface area contributed by atoms with E-state index in [1.807, 2.05) is 13.0 Å². The normalized spacial score (nSPS) is 12.4. The number of carbonyl (C=O) groups is 1. The molecule has 2 amide bonds. The number of nitrogens with one attached hydrogen (secondary N) is 2. The van der Waals surface area contributed by atoms with Crippen LogP contribution in [-0.4, -0.2) is 31.2 Å². The Labute approximate surface area is 142 Å². The molecule has 0 aliphatic carbocycles. The third-order valence-electron chi connectivity index (χ3n) is 3.53. The van der Waals surface area contributed by atoms with Crippen LogP contribution in [-0.2, 0) is 16.4 Å². The summed E-state index contributed by atoms with van der Waals surface area (Å²) in [6.45, 7) is 2.17. The molecule has 7 heteroatoms. The van der Waals surface area contributed by atoms with E-state index in [2.05, 4.69) is 15.6 Å². The number of hydrogen-bond donors (Lipinski definition) is 2. The topological polar surface area (TPSA) is 88.2 Å². The SMILES string of the molecule is CC[C@H](CS(=O)(=O)c1ccccc1)NC(=O)NCc1cccnc1. The Morgan fingerprint density at radius 3 is 2.54 bits per heavy atom. The maximum Gasteiger partial charge on any atom is 0.315 e. The summed E-state index contributed by atoms with van der Waals surface area (Å²) in [6, 6.07) is 11.0. The molecule has 2 rings (SSSR count). The van der Waals surface area contributed by atoms with Crippen molar-refractivity contribution in [2.24, 2.45) is 0 Å². The summed E-state index contributed by atoms with van der Waals surface area (Å²) in [5, 5.41) is 5.42. The lowest BCUT2D eigenvalue weighted by Crippen LogP contribution is -2.44. The third-order valence-corrected chi connectivity index (χ3v) is 5.36. The predicted molar refractivity (Wildman–Crippen MR) is 92.2 cm³/mol. The van der Waals surface area contributed by atoms with E-state index >= 15 is 0 Å². The van der Waals surface area contributed by atoms with E-state index in [9.17, 15) is 13.2 Å². The van der Waals surface area contributed by atoms with Crippen molar-refractivity contribution in [1.29, 1.82) is 0 Å². The van der Waals surface area contributed by atoms with E-state index in [1.165, 1.54) is 0 Å². The van der Waals surface area contributed by atoms with Crippen LogP contribution in [0.1, 0.15) is 18.9 Å². The first-order chi connectivity index (χ1) is 11.5. The van der Waals surface area contributed by atoms with Crippen molar-refractivity contribution >= 4 is 15.9 Å². The monoisotopic (exact) mass is 347 g/mol. The molecule has 0 spiro atoms. The van der Waals surface area contributed by atoms with Crippen LogP contribution >= 0.6 is 0 Å². The Morgan fingerprint density at radius 2 is 1.92 bits per heavy atom. The number of amides is 2. The molecule has 2 aromatic rings. The van der Waals surface area contributed by atoms with E-state index in [4.69, 9.17) is 0 Å². The number of sulfone groups is 1. The van der Waals surface area contributed by atoms with Gasteiger partial charge in [-0.25, -0.2) is 13.2 Å². The van der Waals surface area contributed by atoms with Crippen molar-refractivity contribution in [1.82, 2.24) is 15.6 Å². The Bertz CT molecular complexity index is 749. The molecule has 6 nitrogen and oxygen atoms in total. The van der Waals surface area contributed by atoms with Gasteiger partial charge in [0.2, 0.25) is 0 Å². The largest absolute Gasteiger partial charge is 0.334 e. The quantitative estimate of drug-likeness (QED) is 0.803. The van der Waals surface area contributed by atoms with Gasteiger partial charge in [0.15, 0.2) is 9.84 Å². The maximum atomic E-state index is 12.4. The summed E-state index contributed by atoms with van der Waals surface area (Å²) in [5.74, 6) is -0.131. The number of pyridine rings is 1. The highest BCUT2D eigenvalue weighted by Gasteiger charge is 2.21. The Morgan fingerprint density at radius 1 is 1.17 bits per heavy atom.